The fourth-order valence-corrected chi connectivity index (χ4v) is 1.40. The largest absolute Gasteiger partial charge is 0.450 e. The summed E-state index contributed by atoms with van der Waals surface area (Å²) in [5.41, 5.74) is 0.702. The summed E-state index contributed by atoms with van der Waals surface area (Å²) < 4.78 is 45.6. The van der Waals surface area contributed by atoms with Gasteiger partial charge in [-0.2, -0.15) is 18.2 Å². The van der Waals surface area contributed by atoms with Gasteiger partial charge in [-0.15, -0.1) is 0 Å². The molecule has 0 aliphatic heterocycles. The van der Waals surface area contributed by atoms with Gasteiger partial charge in [0.2, 0.25) is 0 Å². The van der Waals surface area contributed by atoms with E-state index in [0.717, 1.165) is 0 Å². The summed E-state index contributed by atoms with van der Waals surface area (Å²) in [6, 6.07) is 0.567. The predicted molar refractivity (Wildman–Crippen MR) is 57.1 cm³/mol. The van der Waals surface area contributed by atoms with Crippen LogP contribution in [0.15, 0.2) is 10.7 Å². The highest BCUT2D eigenvalue weighted by Crippen LogP contribution is 2.22. The van der Waals surface area contributed by atoms with Gasteiger partial charge < -0.3 is 14.5 Å². The lowest BCUT2D eigenvalue weighted by molar-refractivity contribution is -0.136. The Labute approximate surface area is 103 Å². The molecule has 1 aliphatic rings. The molecule has 0 unspecified atom stereocenters. The van der Waals surface area contributed by atoms with E-state index in [1.807, 2.05) is 0 Å². The first kappa shape index (κ1) is 13.2. The molecule has 2 rings (SSSR count). The fraction of sp³-hybridized carbons (Fsp3) is 0.727. The molecule has 1 aromatic rings. The quantitative estimate of drug-likeness (QED) is 0.769. The number of alkyl halides is 3. The lowest BCUT2D eigenvalue weighted by Crippen LogP contribution is -2.15. The van der Waals surface area contributed by atoms with E-state index in [9.17, 15) is 13.2 Å². The van der Waals surface area contributed by atoms with E-state index in [1.165, 1.54) is 19.1 Å². The second kappa shape index (κ2) is 5.60. The Morgan fingerprint density at radius 1 is 1.44 bits per heavy atom. The molecule has 1 heterocycles. The second-order valence-electron chi connectivity index (χ2n) is 4.33. The molecule has 1 aliphatic carbocycles. The van der Waals surface area contributed by atoms with E-state index in [-0.39, 0.29) is 19.1 Å². The normalized spacial score (nSPS) is 15.9. The first-order valence-electron chi connectivity index (χ1n) is 5.90. The van der Waals surface area contributed by atoms with Crippen molar-refractivity contribution in [1.29, 1.82) is 0 Å². The van der Waals surface area contributed by atoms with Crippen molar-refractivity contribution < 1.29 is 22.3 Å². The Morgan fingerprint density at radius 2 is 2.22 bits per heavy atom. The highest BCUT2D eigenvalue weighted by Gasteiger charge is 2.26. The minimum Gasteiger partial charge on any atom is -0.450 e. The van der Waals surface area contributed by atoms with Crippen LogP contribution in [-0.4, -0.2) is 23.8 Å². The standard InChI is InChI=1S/C11H15F3N2O2/c12-11(13,14)4-1-5-17-10-16-9(7-18-10)6-15-8-2-3-8/h7-8,15H,1-6H2. The van der Waals surface area contributed by atoms with Crippen molar-refractivity contribution in [2.45, 2.75) is 44.4 Å². The molecule has 0 spiro atoms. The van der Waals surface area contributed by atoms with Crippen LogP contribution in [0.25, 0.3) is 0 Å². The zero-order valence-electron chi connectivity index (χ0n) is 9.79. The average Bonchev–Trinajstić information content (AvgIpc) is 3.00. The van der Waals surface area contributed by atoms with Crippen molar-refractivity contribution in [3.63, 3.8) is 0 Å². The maximum absolute atomic E-state index is 11.9. The maximum Gasteiger partial charge on any atom is 0.393 e. The number of rotatable bonds is 7. The van der Waals surface area contributed by atoms with E-state index in [2.05, 4.69) is 10.3 Å². The Hall–Kier alpha value is -1.24. The maximum atomic E-state index is 11.9. The summed E-state index contributed by atoms with van der Waals surface area (Å²) in [5, 5.41) is 3.25. The summed E-state index contributed by atoms with van der Waals surface area (Å²) in [6.45, 7) is 0.551. The summed E-state index contributed by atoms with van der Waals surface area (Å²) >= 11 is 0. The predicted octanol–water partition coefficient (Wildman–Crippen LogP) is 2.65. The van der Waals surface area contributed by atoms with Crippen LogP contribution in [0.1, 0.15) is 31.4 Å². The van der Waals surface area contributed by atoms with Gasteiger partial charge in [0.25, 0.3) is 0 Å². The molecule has 0 atom stereocenters. The van der Waals surface area contributed by atoms with E-state index in [4.69, 9.17) is 9.15 Å². The van der Waals surface area contributed by atoms with Gasteiger partial charge >= 0.3 is 12.3 Å². The van der Waals surface area contributed by atoms with Crippen molar-refractivity contribution in [3.8, 4) is 6.08 Å². The molecule has 0 saturated heterocycles. The molecule has 7 heteroatoms. The molecule has 1 saturated carbocycles. The smallest absolute Gasteiger partial charge is 0.393 e. The Morgan fingerprint density at radius 3 is 2.89 bits per heavy atom. The lowest BCUT2D eigenvalue weighted by Gasteiger charge is -2.05. The topological polar surface area (TPSA) is 47.3 Å². The molecule has 1 fully saturated rings. The highest BCUT2D eigenvalue weighted by molar-refractivity contribution is 5.00. The Kier molecular flexibility index (Phi) is 4.11. The second-order valence-corrected chi connectivity index (χ2v) is 4.33. The van der Waals surface area contributed by atoms with Crippen LogP contribution in [0.3, 0.4) is 0 Å². The molecule has 1 N–H and O–H groups in total. The number of nitrogens with one attached hydrogen (secondary N) is 1. The summed E-state index contributed by atoms with van der Waals surface area (Å²) in [6.07, 6.45) is -1.25. The van der Waals surface area contributed by atoms with Gasteiger partial charge in [0.15, 0.2) is 0 Å². The van der Waals surface area contributed by atoms with E-state index >= 15 is 0 Å². The van der Waals surface area contributed by atoms with Crippen LogP contribution in [-0.2, 0) is 6.54 Å². The fourth-order valence-electron chi connectivity index (χ4n) is 1.40. The van der Waals surface area contributed by atoms with Crippen molar-refractivity contribution in [3.05, 3.63) is 12.0 Å². The van der Waals surface area contributed by atoms with Crippen LogP contribution in [0, 0.1) is 0 Å². The van der Waals surface area contributed by atoms with Gasteiger partial charge in [-0.05, 0) is 19.3 Å². The molecule has 102 valence electrons. The molecule has 4 nitrogen and oxygen atoms in total. The zero-order chi connectivity index (χ0) is 13.0. The van der Waals surface area contributed by atoms with Crippen LogP contribution < -0.4 is 10.1 Å². The van der Waals surface area contributed by atoms with Crippen molar-refractivity contribution in [2.75, 3.05) is 6.61 Å². The molecular weight excluding hydrogens is 249 g/mol. The Bertz CT molecular complexity index is 375. The number of ether oxygens (including phenoxy) is 1. The third-order valence-corrected chi connectivity index (χ3v) is 2.51. The van der Waals surface area contributed by atoms with Gasteiger partial charge in [0.1, 0.15) is 6.26 Å². The summed E-state index contributed by atoms with van der Waals surface area (Å²) in [7, 11) is 0. The zero-order valence-corrected chi connectivity index (χ0v) is 9.79. The van der Waals surface area contributed by atoms with Gasteiger partial charge in [0, 0.05) is 19.0 Å². The van der Waals surface area contributed by atoms with Crippen molar-refractivity contribution in [1.82, 2.24) is 10.3 Å². The monoisotopic (exact) mass is 264 g/mol. The van der Waals surface area contributed by atoms with Gasteiger partial charge in [0.05, 0.1) is 12.3 Å². The van der Waals surface area contributed by atoms with Crippen molar-refractivity contribution in [2.24, 2.45) is 0 Å². The number of oxazole rings is 1. The lowest BCUT2D eigenvalue weighted by atomic mass is 10.3. The average molecular weight is 264 g/mol. The molecular formula is C11H15F3N2O2. The van der Waals surface area contributed by atoms with E-state index < -0.39 is 12.6 Å². The van der Waals surface area contributed by atoms with Gasteiger partial charge in [-0.1, -0.05) is 0 Å². The molecule has 0 aromatic carbocycles. The molecule has 0 bridgehead atoms. The minimum absolute atomic E-state index is 0.0322. The van der Waals surface area contributed by atoms with Crippen LogP contribution in [0.5, 0.6) is 6.08 Å². The van der Waals surface area contributed by atoms with Gasteiger partial charge in [-0.25, -0.2) is 0 Å². The van der Waals surface area contributed by atoms with E-state index in [1.54, 1.807) is 0 Å². The molecule has 0 radical (unpaired) electrons. The highest BCUT2D eigenvalue weighted by atomic mass is 19.4. The number of halogens is 3. The number of nitrogens with zero attached hydrogens (tertiary/aromatic N) is 1. The number of hydrogen-bond donors (Lipinski definition) is 1. The van der Waals surface area contributed by atoms with Crippen LogP contribution in [0.2, 0.25) is 0 Å². The SMILES string of the molecule is FC(F)(F)CCCOc1nc(CNC2CC2)co1. The molecule has 0 amide bonds. The molecule has 1 aromatic heterocycles. The summed E-state index contributed by atoms with van der Waals surface area (Å²) in [5.74, 6) is 0. The third kappa shape index (κ3) is 4.95. The third-order valence-electron chi connectivity index (χ3n) is 2.51. The van der Waals surface area contributed by atoms with Gasteiger partial charge in [-0.3, -0.25) is 0 Å². The summed E-state index contributed by atoms with van der Waals surface area (Å²) in [4.78, 5) is 4.01. The van der Waals surface area contributed by atoms with Crippen LogP contribution >= 0.6 is 0 Å². The van der Waals surface area contributed by atoms with E-state index in [0.29, 0.717) is 18.3 Å². The Balaban J connectivity index is 1.63. The first-order chi connectivity index (χ1) is 8.53. The minimum atomic E-state index is -4.14. The first-order valence-corrected chi connectivity index (χ1v) is 5.90. The number of hydrogen-bond acceptors (Lipinski definition) is 4. The molecule has 18 heavy (non-hydrogen) atoms. The van der Waals surface area contributed by atoms with Crippen molar-refractivity contribution >= 4 is 0 Å². The van der Waals surface area contributed by atoms with Crippen LogP contribution in [0.4, 0.5) is 13.2 Å². The number of aromatic nitrogens is 1.